The van der Waals surface area contributed by atoms with E-state index in [4.69, 9.17) is 11.6 Å². The summed E-state index contributed by atoms with van der Waals surface area (Å²) in [4.78, 5) is 43.4. The minimum absolute atomic E-state index is 0.00550. The van der Waals surface area contributed by atoms with Crippen LogP contribution < -0.4 is 10.7 Å². The van der Waals surface area contributed by atoms with Gasteiger partial charge in [-0.05, 0) is 56.2 Å². The minimum atomic E-state index is -0.411. The van der Waals surface area contributed by atoms with Crippen LogP contribution in [0.4, 0.5) is 0 Å². The van der Waals surface area contributed by atoms with Gasteiger partial charge in [-0.25, -0.2) is 4.98 Å². The number of carbonyl (C=O) groups excluding carboxylic acids is 2. The van der Waals surface area contributed by atoms with E-state index in [0.29, 0.717) is 21.6 Å². The predicted molar refractivity (Wildman–Crippen MR) is 121 cm³/mol. The number of nitrogens with one attached hydrogen (secondary N) is 1. The molecule has 0 radical (unpaired) electrons. The Morgan fingerprint density at radius 2 is 1.81 bits per heavy atom. The van der Waals surface area contributed by atoms with Crippen molar-refractivity contribution in [3.63, 3.8) is 0 Å². The molecule has 0 spiro atoms. The van der Waals surface area contributed by atoms with Crippen molar-refractivity contribution in [2.75, 3.05) is 0 Å². The summed E-state index contributed by atoms with van der Waals surface area (Å²) in [5.74, 6) is -0.560. The molecule has 160 valence electrons. The fourth-order valence-corrected chi connectivity index (χ4v) is 4.20. The molecule has 1 saturated carbocycles. The molecule has 0 aliphatic heterocycles. The molecule has 31 heavy (non-hydrogen) atoms. The number of nitrogens with zero attached hydrogens (tertiary/aromatic N) is 2. The highest BCUT2D eigenvalue weighted by molar-refractivity contribution is 6.30. The zero-order chi connectivity index (χ0) is 22.0. The van der Waals surface area contributed by atoms with E-state index in [2.05, 4.69) is 10.3 Å². The van der Waals surface area contributed by atoms with Crippen molar-refractivity contribution < 1.29 is 9.59 Å². The summed E-state index contributed by atoms with van der Waals surface area (Å²) in [6.07, 6.45) is 6.85. The van der Waals surface area contributed by atoms with Crippen LogP contribution in [-0.4, -0.2) is 27.3 Å². The molecular formula is C24H24ClN3O3. The number of aromatic nitrogens is 2. The van der Waals surface area contributed by atoms with E-state index >= 15 is 0 Å². The number of aryl methyl sites for hydroxylation is 1. The molecule has 1 aromatic carbocycles. The Balaban J connectivity index is 1.72. The van der Waals surface area contributed by atoms with Crippen molar-refractivity contribution in [2.24, 2.45) is 0 Å². The molecule has 0 bridgehead atoms. The lowest BCUT2D eigenvalue weighted by molar-refractivity contribution is -0.122. The topological polar surface area (TPSA) is 81.1 Å². The van der Waals surface area contributed by atoms with E-state index in [1.807, 2.05) is 6.92 Å². The van der Waals surface area contributed by atoms with Gasteiger partial charge in [0.15, 0.2) is 5.78 Å². The van der Waals surface area contributed by atoms with Crippen molar-refractivity contribution in [1.29, 1.82) is 0 Å². The molecule has 1 aliphatic carbocycles. The highest BCUT2D eigenvalue weighted by Gasteiger charge is 2.20. The molecule has 0 unspecified atom stereocenters. The van der Waals surface area contributed by atoms with Crippen molar-refractivity contribution in [1.82, 2.24) is 14.9 Å². The quantitative estimate of drug-likeness (QED) is 0.611. The van der Waals surface area contributed by atoms with Crippen LogP contribution in [0.25, 0.3) is 11.0 Å². The van der Waals surface area contributed by atoms with Crippen molar-refractivity contribution in [3.05, 3.63) is 74.7 Å². The number of carbonyl (C=O) groups is 2. The summed E-state index contributed by atoms with van der Waals surface area (Å²) in [7, 11) is 0. The normalized spacial score (nSPS) is 14.5. The fourth-order valence-electron chi connectivity index (χ4n) is 4.07. The number of fused-ring (bicyclic) bond motifs is 1. The third-order valence-electron chi connectivity index (χ3n) is 5.70. The molecule has 0 atom stereocenters. The second-order valence-electron chi connectivity index (χ2n) is 8.06. The lowest BCUT2D eigenvalue weighted by Gasteiger charge is -2.23. The lowest BCUT2D eigenvalue weighted by Crippen LogP contribution is -2.38. The maximum absolute atomic E-state index is 13.1. The molecule has 1 N–H and O–H groups in total. The van der Waals surface area contributed by atoms with Crippen LogP contribution in [0.5, 0.6) is 0 Å². The number of ketones is 1. The monoisotopic (exact) mass is 437 g/mol. The second kappa shape index (κ2) is 9.02. The summed E-state index contributed by atoms with van der Waals surface area (Å²) in [5.41, 5.74) is 1.10. The number of amides is 1. The first kappa shape index (κ1) is 21.2. The Labute approximate surface area is 185 Å². The molecule has 4 rings (SSSR count). The summed E-state index contributed by atoms with van der Waals surface area (Å²) < 4.78 is 1.60. The molecular weight excluding hydrogens is 414 g/mol. The number of rotatable bonds is 5. The summed E-state index contributed by atoms with van der Waals surface area (Å²) >= 11 is 5.92. The first-order valence-corrected chi connectivity index (χ1v) is 10.9. The number of halogens is 1. The van der Waals surface area contributed by atoms with E-state index in [0.717, 1.165) is 31.4 Å². The highest BCUT2D eigenvalue weighted by atomic mass is 35.5. The van der Waals surface area contributed by atoms with Crippen LogP contribution in [0.1, 0.15) is 53.7 Å². The van der Waals surface area contributed by atoms with Crippen LogP contribution in [0, 0.1) is 6.92 Å². The Morgan fingerprint density at radius 3 is 2.52 bits per heavy atom. The van der Waals surface area contributed by atoms with Gasteiger partial charge in [-0.15, -0.1) is 0 Å². The molecule has 3 aromatic rings. The van der Waals surface area contributed by atoms with Gasteiger partial charge in [-0.1, -0.05) is 30.9 Å². The zero-order valence-electron chi connectivity index (χ0n) is 17.4. The van der Waals surface area contributed by atoms with E-state index in [1.165, 1.54) is 12.6 Å². The Bertz CT molecular complexity index is 1200. The third-order valence-corrected chi connectivity index (χ3v) is 5.95. The maximum Gasteiger partial charge on any atom is 0.240 e. The SMILES string of the molecule is Cc1ccc2c(=O)c(C(=O)c3ccc(Cl)cc3)cn(CC(=O)NC3CCCCC3)c2n1. The standard InChI is InChI=1S/C24H24ClN3O3/c1-15-7-12-19-23(31)20(22(30)16-8-10-17(25)11-9-16)13-28(24(19)26-15)14-21(29)27-18-5-3-2-4-6-18/h7-13,18H,2-6,14H2,1H3,(H,27,29). The van der Waals surface area contributed by atoms with E-state index < -0.39 is 11.2 Å². The van der Waals surface area contributed by atoms with Crippen LogP contribution in [0.3, 0.4) is 0 Å². The van der Waals surface area contributed by atoms with Gasteiger partial charge in [0, 0.05) is 28.5 Å². The minimum Gasteiger partial charge on any atom is -0.352 e. The van der Waals surface area contributed by atoms with Gasteiger partial charge >= 0.3 is 0 Å². The first-order valence-electron chi connectivity index (χ1n) is 10.5. The first-order chi connectivity index (χ1) is 14.9. The molecule has 2 heterocycles. The molecule has 6 nitrogen and oxygen atoms in total. The van der Waals surface area contributed by atoms with Crippen molar-refractivity contribution >= 4 is 34.3 Å². The molecule has 1 aliphatic rings. The average Bonchev–Trinajstić information content (AvgIpc) is 2.76. The van der Waals surface area contributed by atoms with Gasteiger partial charge in [-0.2, -0.15) is 0 Å². The summed E-state index contributed by atoms with van der Waals surface area (Å²) in [6.45, 7) is 1.81. The van der Waals surface area contributed by atoms with Gasteiger partial charge < -0.3 is 9.88 Å². The number of pyridine rings is 2. The van der Waals surface area contributed by atoms with Crippen LogP contribution in [0.15, 0.2) is 47.4 Å². The number of hydrogen-bond acceptors (Lipinski definition) is 4. The van der Waals surface area contributed by atoms with E-state index in [-0.39, 0.29) is 24.1 Å². The van der Waals surface area contributed by atoms with Gasteiger partial charge in [0.2, 0.25) is 11.3 Å². The lowest BCUT2D eigenvalue weighted by atomic mass is 9.95. The van der Waals surface area contributed by atoms with Gasteiger partial charge in [0.05, 0.1) is 10.9 Å². The maximum atomic E-state index is 13.1. The largest absolute Gasteiger partial charge is 0.352 e. The summed E-state index contributed by atoms with van der Waals surface area (Å²) in [5, 5.41) is 3.90. The Morgan fingerprint density at radius 1 is 1.10 bits per heavy atom. The summed E-state index contributed by atoms with van der Waals surface area (Å²) in [6, 6.07) is 9.95. The molecule has 7 heteroatoms. The number of hydrogen-bond donors (Lipinski definition) is 1. The molecule has 2 aromatic heterocycles. The smallest absolute Gasteiger partial charge is 0.240 e. The van der Waals surface area contributed by atoms with Crippen LogP contribution in [0.2, 0.25) is 5.02 Å². The van der Waals surface area contributed by atoms with Gasteiger partial charge in [0.1, 0.15) is 12.2 Å². The van der Waals surface area contributed by atoms with E-state index in [9.17, 15) is 14.4 Å². The highest BCUT2D eigenvalue weighted by Crippen LogP contribution is 2.18. The zero-order valence-corrected chi connectivity index (χ0v) is 18.1. The van der Waals surface area contributed by atoms with Crippen molar-refractivity contribution in [2.45, 2.75) is 51.6 Å². The predicted octanol–water partition coefficient (Wildman–Crippen LogP) is 4.04. The van der Waals surface area contributed by atoms with Crippen LogP contribution in [-0.2, 0) is 11.3 Å². The average molecular weight is 438 g/mol. The Kier molecular flexibility index (Phi) is 6.18. The molecule has 1 fully saturated rings. The van der Waals surface area contributed by atoms with Gasteiger partial charge in [-0.3, -0.25) is 14.4 Å². The molecule has 1 amide bonds. The fraction of sp³-hybridized carbons (Fsp3) is 0.333. The number of benzene rings is 1. The Hall–Kier alpha value is -2.99. The van der Waals surface area contributed by atoms with Gasteiger partial charge in [0.25, 0.3) is 0 Å². The molecule has 0 saturated heterocycles. The van der Waals surface area contributed by atoms with Crippen molar-refractivity contribution in [3.8, 4) is 0 Å². The second-order valence-corrected chi connectivity index (χ2v) is 8.50. The third kappa shape index (κ3) is 4.69. The van der Waals surface area contributed by atoms with Crippen LogP contribution >= 0.6 is 11.6 Å². The van der Waals surface area contributed by atoms with E-state index in [1.54, 1.807) is 41.0 Å².